The average Bonchev–Trinajstić information content (AvgIpc) is 3.24. The third-order valence-corrected chi connectivity index (χ3v) is 7.08. The number of hydrogen-bond donors (Lipinski definition) is 0. The van der Waals surface area contributed by atoms with E-state index < -0.39 is 0 Å². The second kappa shape index (κ2) is 8.88. The maximum absolute atomic E-state index is 13.1. The van der Waals surface area contributed by atoms with Crippen molar-refractivity contribution in [3.05, 3.63) is 29.6 Å². The van der Waals surface area contributed by atoms with Crippen molar-refractivity contribution in [3.63, 3.8) is 0 Å². The first kappa shape index (κ1) is 19.7. The van der Waals surface area contributed by atoms with E-state index in [1.54, 1.807) is 0 Å². The smallest absolute Gasteiger partial charge is 0.233 e. The molecular formula is C22H28N4O3S. The number of likely N-dealkylation sites (tertiary alicyclic amines) is 1. The van der Waals surface area contributed by atoms with Crippen LogP contribution in [0.5, 0.6) is 11.5 Å². The summed E-state index contributed by atoms with van der Waals surface area (Å²) in [6, 6.07) is 6.22. The maximum Gasteiger partial charge on any atom is 0.233 e. The van der Waals surface area contributed by atoms with Gasteiger partial charge in [-0.1, -0.05) is 24.2 Å². The Balaban J connectivity index is 1.27. The van der Waals surface area contributed by atoms with Gasteiger partial charge in [-0.25, -0.2) is 0 Å². The Kier molecular flexibility index (Phi) is 5.84. The largest absolute Gasteiger partial charge is 0.490 e. The fourth-order valence-corrected chi connectivity index (χ4v) is 5.44. The Labute approximate surface area is 181 Å². The van der Waals surface area contributed by atoms with Crippen LogP contribution in [0.2, 0.25) is 0 Å². The number of ether oxygens (including phenoxy) is 2. The zero-order valence-corrected chi connectivity index (χ0v) is 18.0. The lowest BCUT2D eigenvalue weighted by molar-refractivity contribution is -0.129. The van der Waals surface area contributed by atoms with Crippen LogP contribution in [0.3, 0.4) is 0 Å². The van der Waals surface area contributed by atoms with E-state index in [-0.39, 0.29) is 11.9 Å². The molecule has 160 valence electrons. The first-order valence-electron chi connectivity index (χ1n) is 11.0. The van der Waals surface area contributed by atoms with Crippen molar-refractivity contribution in [3.8, 4) is 11.5 Å². The second-order valence-corrected chi connectivity index (χ2v) is 9.09. The summed E-state index contributed by atoms with van der Waals surface area (Å²) >= 11 is 1.52. The molecule has 0 bridgehead atoms. The van der Waals surface area contributed by atoms with Crippen LogP contribution in [0.1, 0.15) is 56.0 Å². The molecule has 8 heteroatoms. The average molecular weight is 429 g/mol. The number of carbonyl (C=O) groups is 1. The van der Waals surface area contributed by atoms with Crippen LogP contribution in [0, 0.1) is 0 Å². The van der Waals surface area contributed by atoms with Crippen LogP contribution in [0.25, 0.3) is 0 Å². The summed E-state index contributed by atoms with van der Waals surface area (Å²) in [5.74, 6) is 3.23. The summed E-state index contributed by atoms with van der Waals surface area (Å²) in [5.41, 5.74) is 1.13. The molecule has 0 unspecified atom stereocenters. The molecule has 5 rings (SSSR count). The molecule has 3 aliphatic heterocycles. The van der Waals surface area contributed by atoms with E-state index in [9.17, 15) is 4.79 Å². The highest BCUT2D eigenvalue weighted by molar-refractivity contribution is 7.99. The Morgan fingerprint density at radius 3 is 2.87 bits per heavy atom. The molecule has 2 aromatic rings. The first-order valence-corrected chi connectivity index (χ1v) is 12.0. The number of fused-ring (bicyclic) bond motifs is 2. The number of benzene rings is 1. The van der Waals surface area contributed by atoms with E-state index in [4.69, 9.17) is 9.47 Å². The SMILES string of the molecule is O=C(CSc1nnc2n1CCCCC2)N1CCC[C@@H]1c1ccc2c(c1)OCCCO2. The Hall–Kier alpha value is -2.22. The molecule has 3 aliphatic rings. The monoisotopic (exact) mass is 428 g/mol. The molecule has 1 aromatic heterocycles. The highest BCUT2D eigenvalue weighted by Crippen LogP contribution is 2.38. The minimum absolute atomic E-state index is 0.103. The van der Waals surface area contributed by atoms with Crippen LogP contribution < -0.4 is 9.47 Å². The van der Waals surface area contributed by atoms with Gasteiger partial charge in [-0.2, -0.15) is 0 Å². The fourth-order valence-electron chi connectivity index (χ4n) is 4.57. The van der Waals surface area contributed by atoms with Crippen molar-refractivity contribution in [2.75, 3.05) is 25.5 Å². The van der Waals surface area contributed by atoms with Gasteiger partial charge in [0.15, 0.2) is 16.7 Å². The Morgan fingerprint density at radius 2 is 1.93 bits per heavy atom. The van der Waals surface area contributed by atoms with Gasteiger partial charge < -0.3 is 18.9 Å². The number of aromatic nitrogens is 3. The Morgan fingerprint density at radius 1 is 1.03 bits per heavy atom. The van der Waals surface area contributed by atoms with Gasteiger partial charge in [0.05, 0.1) is 25.0 Å². The summed E-state index contributed by atoms with van der Waals surface area (Å²) in [7, 11) is 0. The van der Waals surface area contributed by atoms with E-state index >= 15 is 0 Å². The van der Waals surface area contributed by atoms with E-state index in [1.165, 1.54) is 24.6 Å². The minimum Gasteiger partial charge on any atom is -0.490 e. The van der Waals surface area contributed by atoms with Crippen LogP contribution >= 0.6 is 11.8 Å². The number of thioether (sulfide) groups is 1. The van der Waals surface area contributed by atoms with E-state index in [0.29, 0.717) is 19.0 Å². The molecule has 4 heterocycles. The highest BCUT2D eigenvalue weighted by atomic mass is 32.2. The van der Waals surface area contributed by atoms with Crippen LogP contribution in [0.15, 0.2) is 23.4 Å². The molecule has 1 fully saturated rings. The molecule has 0 spiro atoms. The van der Waals surface area contributed by atoms with E-state index in [1.807, 2.05) is 11.0 Å². The molecule has 1 amide bonds. The van der Waals surface area contributed by atoms with E-state index in [2.05, 4.69) is 26.9 Å². The first-order chi connectivity index (χ1) is 14.8. The van der Waals surface area contributed by atoms with Crippen LogP contribution in [0.4, 0.5) is 0 Å². The minimum atomic E-state index is 0.103. The number of aryl methyl sites for hydroxylation is 1. The molecule has 0 saturated carbocycles. The summed E-state index contributed by atoms with van der Waals surface area (Å²) in [6.07, 6.45) is 7.45. The lowest BCUT2D eigenvalue weighted by Gasteiger charge is -2.25. The zero-order valence-electron chi connectivity index (χ0n) is 17.2. The summed E-state index contributed by atoms with van der Waals surface area (Å²) in [5, 5.41) is 9.57. The predicted octanol–water partition coefficient (Wildman–Crippen LogP) is 3.62. The molecule has 0 aliphatic carbocycles. The molecule has 1 atom stereocenters. The quantitative estimate of drug-likeness (QED) is 0.693. The normalized spacial score (nSPS) is 21.1. The lowest BCUT2D eigenvalue weighted by atomic mass is 10.0. The Bertz CT molecular complexity index is 916. The molecular weight excluding hydrogens is 400 g/mol. The third-order valence-electron chi connectivity index (χ3n) is 6.13. The predicted molar refractivity (Wildman–Crippen MR) is 114 cm³/mol. The maximum atomic E-state index is 13.1. The van der Waals surface area contributed by atoms with Gasteiger partial charge in [0.1, 0.15) is 5.82 Å². The van der Waals surface area contributed by atoms with Crippen molar-refractivity contribution >= 4 is 17.7 Å². The number of rotatable bonds is 4. The molecule has 1 saturated heterocycles. The van der Waals surface area contributed by atoms with Crippen molar-refractivity contribution in [2.45, 2.75) is 62.7 Å². The molecule has 1 aromatic carbocycles. The van der Waals surface area contributed by atoms with Gasteiger partial charge in [-0.15, -0.1) is 10.2 Å². The molecule has 0 N–H and O–H groups in total. The zero-order chi connectivity index (χ0) is 20.3. The summed E-state index contributed by atoms with van der Waals surface area (Å²) in [4.78, 5) is 15.1. The van der Waals surface area contributed by atoms with E-state index in [0.717, 1.165) is 73.2 Å². The molecule has 0 radical (unpaired) electrons. The van der Waals surface area contributed by atoms with Gasteiger partial charge >= 0.3 is 0 Å². The van der Waals surface area contributed by atoms with Crippen molar-refractivity contribution in [1.29, 1.82) is 0 Å². The number of carbonyl (C=O) groups excluding carboxylic acids is 1. The molecule has 30 heavy (non-hydrogen) atoms. The highest BCUT2D eigenvalue weighted by Gasteiger charge is 2.31. The van der Waals surface area contributed by atoms with Crippen molar-refractivity contribution in [2.24, 2.45) is 0 Å². The third kappa shape index (κ3) is 4.02. The number of amides is 1. The standard InChI is InChI=1S/C22H28N4O3S/c27-21(15-30-22-24-23-20-7-2-1-3-10-26(20)22)25-11-4-6-17(25)16-8-9-18-19(14-16)29-13-5-12-28-18/h8-9,14,17H,1-7,10-13,15H2/t17-/m1/s1. The van der Waals surface area contributed by atoms with Crippen molar-refractivity contribution < 1.29 is 14.3 Å². The van der Waals surface area contributed by atoms with Gasteiger partial charge in [-0.3, -0.25) is 4.79 Å². The molecule has 7 nitrogen and oxygen atoms in total. The topological polar surface area (TPSA) is 69.5 Å². The fraction of sp³-hybridized carbons (Fsp3) is 0.591. The lowest BCUT2D eigenvalue weighted by Crippen LogP contribution is -2.32. The second-order valence-electron chi connectivity index (χ2n) is 8.15. The number of hydrogen-bond acceptors (Lipinski definition) is 6. The van der Waals surface area contributed by atoms with Gasteiger partial charge in [0, 0.05) is 25.9 Å². The van der Waals surface area contributed by atoms with Gasteiger partial charge in [-0.05, 0) is 43.4 Å². The number of nitrogens with zero attached hydrogens (tertiary/aromatic N) is 4. The van der Waals surface area contributed by atoms with Crippen LogP contribution in [-0.2, 0) is 17.8 Å². The van der Waals surface area contributed by atoms with Gasteiger partial charge in [0.2, 0.25) is 5.91 Å². The summed E-state index contributed by atoms with van der Waals surface area (Å²) < 4.78 is 13.8. The summed E-state index contributed by atoms with van der Waals surface area (Å²) in [6.45, 7) is 3.12. The van der Waals surface area contributed by atoms with Gasteiger partial charge in [0.25, 0.3) is 0 Å². The van der Waals surface area contributed by atoms with Crippen LogP contribution in [-0.4, -0.2) is 51.1 Å². The van der Waals surface area contributed by atoms with Crippen molar-refractivity contribution in [1.82, 2.24) is 19.7 Å².